The van der Waals surface area contributed by atoms with E-state index in [4.69, 9.17) is 0 Å². The van der Waals surface area contributed by atoms with Crippen LogP contribution in [0.3, 0.4) is 0 Å². The first-order valence-electron chi connectivity index (χ1n) is 9.93. The van der Waals surface area contributed by atoms with Crippen molar-refractivity contribution in [2.45, 2.75) is 30.6 Å². The largest absolute Gasteiger partial charge is 0.351 e. The van der Waals surface area contributed by atoms with E-state index in [-0.39, 0.29) is 10.8 Å². The molecule has 0 aliphatic heterocycles. The van der Waals surface area contributed by atoms with Crippen LogP contribution in [0.15, 0.2) is 76.5 Å². The fraction of sp³-hybridized carbons (Fsp3) is 0.208. The van der Waals surface area contributed by atoms with Gasteiger partial charge in [0.25, 0.3) is 15.9 Å². The highest BCUT2D eigenvalue weighted by Crippen LogP contribution is 2.22. The zero-order valence-electron chi connectivity index (χ0n) is 17.8. The molecule has 0 aliphatic rings. The number of amides is 1. The van der Waals surface area contributed by atoms with E-state index in [0.717, 1.165) is 21.8 Å². The smallest absolute Gasteiger partial charge is 0.261 e. The van der Waals surface area contributed by atoms with E-state index in [0.29, 0.717) is 17.8 Å². The van der Waals surface area contributed by atoms with Crippen molar-refractivity contribution >= 4 is 33.4 Å². The number of sulfonamides is 1. The average Bonchev–Trinajstić information content (AvgIpc) is 2.74. The molecule has 0 heterocycles. The number of carbonyl (C=O) groups excluding carboxylic acids is 1. The Morgan fingerprint density at radius 1 is 0.903 bits per heavy atom. The Bertz CT molecular complexity index is 1170. The second-order valence-corrected chi connectivity index (χ2v) is 10.2. The molecule has 3 aromatic carbocycles. The number of thioether (sulfide) groups is 1. The van der Waals surface area contributed by atoms with E-state index in [1.165, 1.54) is 17.7 Å². The second kappa shape index (κ2) is 10.0. The maximum atomic E-state index is 12.8. The number of benzene rings is 3. The van der Waals surface area contributed by atoms with Crippen molar-refractivity contribution in [3.8, 4) is 0 Å². The molecule has 5 nitrogen and oxygen atoms in total. The third-order valence-corrected chi connectivity index (χ3v) is 7.21. The first-order chi connectivity index (χ1) is 14.8. The Hall–Kier alpha value is -2.77. The van der Waals surface area contributed by atoms with Gasteiger partial charge in [-0.05, 0) is 62.2 Å². The molecule has 2 N–H and O–H groups in total. The van der Waals surface area contributed by atoms with Gasteiger partial charge in [-0.3, -0.25) is 9.52 Å². The number of aryl methyl sites for hydroxylation is 3. The van der Waals surface area contributed by atoms with Gasteiger partial charge in [-0.2, -0.15) is 0 Å². The van der Waals surface area contributed by atoms with Crippen LogP contribution in [-0.2, 0) is 10.0 Å². The van der Waals surface area contributed by atoms with Crippen LogP contribution in [0.25, 0.3) is 0 Å². The molecular weight excluding hydrogens is 428 g/mol. The third-order valence-electron chi connectivity index (χ3n) is 4.83. The monoisotopic (exact) mass is 454 g/mol. The lowest BCUT2D eigenvalue weighted by molar-refractivity contribution is 0.0955. The fourth-order valence-corrected chi connectivity index (χ4v) is 4.89. The molecule has 7 heteroatoms. The molecule has 3 aromatic rings. The Kier molecular flexibility index (Phi) is 7.41. The average molecular weight is 455 g/mol. The van der Waals surface area contributed by atoms with Gasteiger partial charge in [0.15, 0.2) is 0 Å². The highest BCUT2D eigenvalue weighted by Gasteiger charge is 2.18. The van der Waals surface area contributed by atoms with Gasteiger partial charge in [0, 0.05) is 22.8 Å². The third kappa shape index (κ3) is 6.12. The number of rotatable bonds is 8. The minimum Gasteiger partial charge on any atom is -0.351 e. The van der Waals surface area contributed by atoms with E-state index in [1.807, 2.05) is 26.0 Å². The van der Waals surface area contributed by atoms with Crippen molar-refractivity contribution in [3.63, 3.8) is 0 Å². The number of carbonyl (C=O) groups is 1. The minimum absolute atomic E-state index is 0.0560. The van der Waals surface area contributed by atoms with Gasteiger partial charge < -0.3 is 5.32 Å². The number of hydrogen-bond donors (Lipinski definition) is 2. The lowest BCUT2D eigenvalue weighted by Gasteiger charge is -2.13. The molecular formula is C24H26N2O3S2. The van der Waals surface area contributed by atoms with E-state index in [1.54, 1.807) is 36.9 Å². The number of nitrogens with one attached hydrogen (secondary N) is 2. The zero-order valence-corrected chi connectivity index (χ0v) is 19.4. The van der Waals surface area contributed by atoms with Gasteiger partial charge in [-0.25, -0.2) is 8.42 Å². The molecule has 1 amide bonds. The maximum absolute atomic E-state index is 12.8. The fourth-order valence-electron chi connectivity index (χ4n) is 2.97. The first kappa shape index (κ1) is 22.9. The van der Waals surface area contributed by atoms with Crippen molar-refractivity contribution in [1.82, 2.24) is 5.32 Å². The summed E-state index contributed by atoms with van der Waals surface area (Å²) in [6.07, 6.45) is 0. The molecule has 3 rings (SSSR count). The molecule has 0 radical (unpaired) electrons. The summed E-state index contributed by atoms with van der Waals surface area (Å²) in [7, 11) is -3.81. The molecule has 0 aliphatic carbocycles. The number of anilines is 1. The highest BCUT2D eigenvalue weighted by molar-refractivity contribution is 7.99. The Labute approximate surface area is 188 Å². The molecule has 0 aromatic heterocycles. The lowest BCUT2D eigenvalue weighted by atomic mass is 10.1. The van der Waals surface area contributed by atoms with Gasteiger partial charge in [-0.15, -0.1) is 11.8 Å². The highest BCUT2D eigenvalue weighted by atomic mass is 32.2. The van der Waals surface area contributed by atoms with E-state index in [9.17, 15) is 13.2 Å². The van der Waals surface area contributed by atoms with Gasteiger partial charge >= 0.3 is 0 Å². The second-order valence-electron chi connectivity index (χ2n) is 7.31. The van der Waals surface area contributed by atoms with Gasteiger partial charge in [-0.1, -0.05) is 42.0 Å². The normalized spacial score (nSPS) is 11.2. The van der Waals surface area contributed by atoms with E-state index < -0.39 is 10.0 Å². The molecule has 0 fully saturated rings. The number of hydrogen-bond acceptors (Lipinski definition) is 4. The molecule has 31 heavy (non-hydrogen) atoms. The molecule has 0 bridgehead atoms. The van der Waals surface area contributed by atoms with Crippen molar-refractivity contribution in [3.05, 3.63) is 89.0 Å². The van der Waals surface area contributed by atoms with Crippen LogP contribution in [0.5, 0.6) is 0 Å². The Balaban J connectivity index is 1.66. The summed E-state index contributed by atoms with van der Waals surface area (Å²) < 4.78 is 28.3. The summed E-state index contributed by atoms with van der Waals surface area (Å²) in [5.41, 5.74) is 3.62. The summed E-state index contributed by atoms with van der Waals surface area (Å²) in [5.74, 6) is 0.440. The summed E-state index contributed by atoms with van der Waals surface area (Å²) in [6, 6.07) is 20.0. The van der Waals surface area contributed by atoms with Crippen molar-refractivity contribution in [2.24, 2.45) is 0 Å². The quantitative estimate of drug-likeness (QED) is 0.374. The van der Waals surface area contributed by atoms with E-state index in [2.05, 4.69) is 34.3 Å². The predicted octanol–water partition coefficient (Wildman–Crippen LogP) is 4.93. The topological polar surface area (TPSA) is 75.3 Å². The van der Waals surface area contributed by atoms with Crippen LogP contribution in [-0.4, -0.2) is 26.6 Å². The first-order valence-corrected chi connectivity index (χ1v) is 12.4. The van der Waals surface area contributed by atoms with Crippen molar-refractivity contribution < 1.29 is 13.2 Å². The summed E-state index contributed by atoms with van der Waals surface area (Å²) in [4.78, 5) is 13.9. The molecule has 0 saturated heterocycles. The standard InChI is InChI=1S/C24H26N2O3S2/c1-17-8-11-20(12-9-17)30-15-14-25-24(27)22-16-21(13-10-18(22)2)31(28,29)26-23-7-5-4-6-19(23)3/h4-13,16,26H,14-15H2,1-3H3,(H,25,27). The molecule has 0 saturated carbocycles. The van der Waals surface area contributed by atoms with Crippen LogP contribution >= 0.6 is 11.8 Å². The zero-order chi connectivity index (χ0) is 22.4. The van der Waals surface area contributed by atoms with E-state index >= 15 is 0 Å². The van der Waals surface area contributed by atoms with Gasteiger partial charge in [0.05, 0.1) is 10.6 Å². The molecule has 0 atom stereocenters. The molecule has 0 spiro atoms. The van der Waals surface area contributed by atoms with Crippen LogP contribution in [0, 0.1) is 20.8 Å². The molecule has 0 unspecified atom stereocenters. The Morgan fingerprint density at radius 2 is 1.61 bits per heavy atom. The number of para-hydroxylation sites is 1. The maximum Gasteiger partial charge on any atom is 0.261 e. The summed E-state index contributed by atoms with van der Waals surface area (Å²) in [5, 5.41) is 2.88. The summed E-state index contributed by atoms with van der Waals surface area (Å²) >= 11 is 1.66. The Morgan fingerprint density at radius 3 is 2.32 bits per heavy atom. The van der Waals surface area contributed by atoms with Crippen LogP contribution in [0.2, 0.25) is 0 Å². The summed E-state index contributed by atoms with van der Waals surface area (Å²) in [6.45, 7) is 6.15. The predicted molar refractivity (Wildman–Crippen MR) is 127 cm³/mol. The van der Waals surface area contributed by atoms with Crippen LogP contribution < -0.4 is 10.0 Å². The molecule has 162 valence electrons. The SMILES string of the molecule is Cc1ccc(SCCNC(=O)c2cc(S(=O)(=O)Nc3ccccc3C)ccc2C)cc1. The van der Waals surface area contributed by atoms with Gasteiger partial charge in [0.1, 0.15) is 0 Å². The van der Waals surface area contributed by atoms with Crippen molar-refractivity contribution in [2.75, 3.05) is 17.0 Å². The van der Waals surface area contributed by atoms with Crippen LogP contribution in [0.1, 0.15) is 27.0 Å². The van der Waals surface area contributed by atoms with Crippen LogP contribution in [0.4, 0.5) is 5.69 Å². The lowest BCUT2D eigenvalue weighted by Crippen LogP contribution is -2.27. The van der Waals surface area contributed by atoms with Crippen molar-refractivity contribution in [1.29, 1.82) is 0 Å². The van der Waals surface area contributed by atoms with Gasteiger partial charge in [0.2, 0.25) is 0 Å². The minimum atomic E-state index is -3.81.